The minimum Gasteiger partial charge on any atom is -0.507 e. The van der Waals surface area contributed by atoms with Crippen molar-refractivity contribution < 1.29 is 29.3 Å². The molecule has 2 amide bonds. The van der Waals surface area contributed by atoms with E-state index in [1.807, 2.05) is 0 Å². The van der Waals surface area contributed by atoms with Crippen LogP contribution in [0, 0.1) is 0 Å². The minimum atomic E-state index is -0.163. The van der Waals surface area contributed by atoms with Gasteiger partial charge in [-0.2, -0.15) is 0 Å². The number of halogens is 1. The molecule has 11 nitrogen and oxygen atoms in total. The summed E-state index contributed by atoms with van der Waals surface area (Å²) in [5, 5.41) is 27.4. The molecule has 0 saturated carbocycles. The van der Waals surface area contributed by atoms with Gasteiger partial charge in [0.1, 0.15) is 36.2 Å². The van der Waals surface area contributed by atoms with E-state index in [-0.39, 0.29) is 48.2 Å². The number of aromatic nitrogens is 3. The van der Waals surface area contributed by atoms with Crippen LogP contribution in [0.1, 0.15) is 13.8 Å². The van der Waals surface area contributed by atoms with Crippen molar-refractivity contribution in [3.8, 4) is 57.2 Å². The summed E-state index contributed by atoms with van der Waals surface area (Å²) in [4.78, 5) is 35.7. The first kappa shape index (κ1) is 29.1. The molecule has 0 aliphatic heterocycles. The van der Waals surface area contributed by atoms with Crippen LogP contribution in [0.5, 0.6) is 23.0 Å². The predicted octanol–water partition coefficient (Wildman–Crippen LogP) is 3.97. The zero-order chi connectivity index (χ0) is 29.4. The number of rotatable bonds is 11. The highest BCUT2D eigenvalue weighted by Crippen LogP contribution is 2.35. The molecule has 4 N–H and O–H groups in total. The van der Waals surface area contributed by atoms with E-state index in [2.05, 4.69) is 25.6 Å². The monoisotopic (exact) mass is 577 g/mol. The number of hydrogen-bond donors (Lipinski definition) is 4. The fourth-order valence-electron chi connectivity index (χ4n) is 3.72. The number of nitrogens with one attached hydrogen (secondary N) is 2. The van der Waals surface area contributed by atoms with Gasteiger partial charge in [-0.1, -0.05) is 11.6 Å². The standard InChI is InChI=1S/C29H28ClN5O6/c1-17(36)31-11-13-40-21-7-9-23(25(38)15-21)28-33-27(19-3-5-20(30)6-4-19)34-29(35-28)24-10-8-22(16-26(24)39)41-14-12-32-18(2)37/h3-10,15-16,38-39H,11-14H2,1-2H3,(H,31,36)(H,32,37). The molecule has 0 atom stereocenters. The Morgan fingerprint density at radius 2 is 1.15 bits per heavy atom. The van der Waals surface area contributed by atoms with Gasteiger partial charge in [0.15, 0.2) is 17.5 Å². The van der Waals surface area contributed by atoms with Gasteiger partial charge >= 0.3 is 0 Å². The number of aromatic hydroxyl groups is 2. The SMILES string of the molecule is CC(=O)NCCOc1ccc(-c2nc(-c3ccc(Cl)cc3)nc(-c3ccc(OCCNC(C)=O)cc3O)n2)c(O)c1. The normalized spacial score (nSPS) is 10.6. The molecule has 0 radical (unpaired) electrons. The Hall–Kier alpha value is -4.90. The number of phenols is 2. The number of ether oxygens (including phenoxy) is 2. The van der Waals surface area contributed by atoms with Crippen molar-refractivity contribution in [3.05, 3.63) is 65.7 Å². The molecule has 0 bridgehead atoms. The molecule has 12 heteroatoms. The second-order valence-electron chi connectivity index (χ2n) is 8.83. The number of nitrogens with zero attached hydrogens (tertiary/aromatic N) is 3. The van der Waals surface area contributed by atoms with Crippen LogP contribution >= 0.6 is 11.6 Å². The molecule has 0 unspecified atom stereocenters. The van der Waals surface area contributed by atoms with E-state index < -0.39 is 0 Å². The minimum absolute atomic E-state index is 0.131. The summed E-state index contributed by atoms with van der Waals surface area (Å²) in [6.45, 7) is 3.92. The van der Waals surface area contributed by atoms with Crippen LogP contribution in [0.15, 0.2) is 60.7 Å². The molecule has 0 saturated heterocycles. The van der Waals surface area contributed by atoms with Crippen molar-refractivity contribution in [2.75, 3.05) is 26.3 Å². The maximum atomic E-state index is 11.0. The van der Waals surface area contributed by atoms with E-state index in [1.54, 1.807) is 48.5 Å². The topological polar surface area (TPSA) is 156 Å². The number of carbonyl (C=O) groups excluding carboxylic acids is 2. The van der Waals surface area contributed by atoms with Gasteiger partial charge in [0.2, 0.25) is 11.8 Å². The molecule has 1 aromatic heterocycles. The average molecular weight is 578 g/mol. The van der Waals surface area contributed by atoms with E-state index in [4.69, 9.17) is 21.1 Å². The molecular weight excluding hydrogens is 550 g/mol. The molecular formula is C29H28ClN5O6. The van der Waals surface area contributed by atoms with Crippen LogP contribution in [-0.2, 0) is 9.59 Å². The molecule has 41 heavy (non-hydrogen) atoms. The first-order valence-electron chi connectivity index (χ1n) is 12.6. The molecule has 3 aromatic carbocycles. The van der Waals surface area contributed by atoms with Crippen molar-refractivity contribution in [2.45, 2.75) is 13.8 Å². The maximum absolute atomic E-state index is 11.0. The number of hydrogen-bond acceptors (Lipinski definition) is 9. The first-order chi connectivity index (χ1) is 19.7. The van der Waals surface area contributed by atoms with Crippen LogP contribution in [0.4, 0.5) is 0 Å². The summed E-state index contributed by atoms with van der Waals surface area (Å²) in [6.07, 6.45) is 0. The first-order valence-corrected chi connectivity index (χ1v) is 13.0. The van der Waals surface area contributed by atoms with Gasteiger partial charge in [-0.15, -0.1) is 0 Å². The summed E-state index contributed by atoms with van der Waals surface area (Å²) in [5.74, 6) is 0.835. The predicted molar refractivity (Wildman–Crippen MR) is 153 cm³/mol. The lowest BCUT2D eigenvalue weighted by molar-refractivity contribution is -0.119. The smallest absolute Gasteiger partial charge is 0.216 e. The molecule has 4 rings (SSSR count). The van der Waals surface area contributed by atoms with Crippen molar-refractivity contribution in [1.29, 1.82) is 0 Å². The second-order valence-corrected chi connectivity index (χ2v) is 9.27. The van der Waals surface area contributed by atoms with Gasteiger partial charge in [0, 0.05) is 36.6 Å². The zero-order valence-corrected chi connectivity index (χ0v) is 23.1. The Bertz CT molecular complexity index is 1460. The van der Waals surface area contributed by atoms with Gasteiger partial charge in [0.05, 0.1) is 24.2 Å². The largest absolute Gasteiger partial charge is 0.507 e. The highest BCUT2D eigenvalue weighted by molar-refractivity contribution is 6.30. The number of benzene rings is 3. The van der Waals surface area contributed by atoms with Crippen molar-refractivity contribution in [3.63, 3.8) is 0 Å². The van der Waals surface area contributed by atoms with E-state index in [0.717, 1.165) is 0 Å². The lowest BCUT2D eigenvalue weighted by Gasteiger charge is -2.12. The Morgan fingerprint density at radius 1 is 0.707 bits per heavy atom. The van der Waals surface area contributed by atoms with Gasteiger partial charge in [0.25, 0.3) is 0 Å². The van der Waals surface area contributed by atoms with E-state index in [0.29, 0.717) is 52.1 Å². The van der Waals surface area contributed by atoms with Crippen LogP contribution < -0.4 is 20.1 Å². The molecule has 4 aromatic rings. The fraction of sp³-hybridized carbons (Fsp3) is 0.207. The summed E-state index contributed by atoms with van der Waals surface area (Å²) in [6, 6.07) is 16.3. The third-order valence-corrected chi connectivity index (χ3v) is 5.90. The Balaban J connectivity index is 1.66. The molecule has 212 valence electrons. The third kappa shape index (κ3) is 8.05. The van der Waals surface area contributed by atoms with Gasteiger partial charge in [-0.3, -0.25) is 9.59 Å². The third-order valence-electron chi connectivity index (χ3n) is 5.65. The van der Waals surface area contributed by atoms with Crippen LogP contribution in [0.2, 0.25) is 5.02 Å². The summed E-state index contributed by atoms with van der Waals surface area (Å²) in [5.41, 5.74) is 1.28. The van der Waals surface area contributed by atoms with Crippen molar-refractivity contribution in [2.24, 2.45) is 0 Å². The van der Waals surface area contributed by atoms with Crippen molar-refractivity contribution >= 4 is 23.4 Å². The fourth-order valence-corrected chi connectivity index (χ4v) is 3.84. The zero-order valence-electron chi connectivity index (χ0n) is 22.3. The lowest BCUT2D eigenvalue weighted by Crippen LogP contribution is -2.25. The Kier molecular flexibility index (Phi) is 9.54. The number of amides is 2. The van der Waals surface area contributed by atoms with E-state index in [9.17, 15) is 19.8 Å². The van der Waals surface area contributed by atoms with Crippen LogP contribution in [-0.4, -0.2) is 63.3 Å². The highest BCUT2D eigenvalue weighted by Gasteiger charge is 2.17. The molecule has 0 aliphatic rings. The van der Waals surface area contributed by atoms with Crippen LogP contribution in [0.3, 0.4) is 0 Å². The molecule has 0 spiro atoms. The number of phenolic OH excluding ortho intramolecular Hbond substituents is 2. The number of carbonyl (C=O) groups is 2. The second kappa shape index (κ2) is 13.4. The Morgan fingerprint density at radius 3 is 1.56 bits per heavy atom. The summed E-state index contributed by atoms with van der Waals surface area (Å²) in [7, 11) is 0. The highest BCUT2D eigenvalue weighted by atomic mass is 35.5. The summed E-state index contributed by atoms with van der Waals surface area (Å²) < 4.78 is 11.2. The van der Waals surface area contributed by atoms with Crippen LogP contribution in [0.25, 0.3) is 34.2 Å². The maximum Gasteiger partial charge on any atom is 0.216 e. The Labute approximate surface area is 241 Å². The molecule has 0 fully saturated rings. The quantitative estimate of drug-likeness (QED) is 0.194. The van der Waals surface area contributed by atoms with Gasteiger partial charge in [-0.05, 0) is 48.5 Å². The van der Waals surface area contributed by atoms with Gasteiger partial charge < -0.3 is 30.3 Å². The van der Waals surface area contributed by atoms with E-state index >= 15 is 0 Å². The van der Waals surface area contributed by atoms with Gasteiger partial charge in [-0.25, -0.2) is 15.0 Å². The molecule has 1 heterocycles. The van der Waals surface area contributed by atoms with Crippen molar-refractivity contribution in [1.82, 2.24) is 25.6 Å². The lowest BCUT2D eigenvalue weighted by atomic mass is 10.1. The average Bonchev–Trinajstić information content (AvgIpc) is 2.93. The summed E-state index contributed by atoms with van der Waals surface area (Å²) >= 11 is 6.06. The molecule has 0 aliphatic carbocycles. The van der Waals surface area contributed by atoms with E-state index in [1.165, 1.54) is 26.0 Å².